The van der Waals surface area contributed by atoms with Gasteiger partial charge in [-0.3, -0.25) is 48.3 Å². The molecule has 7 aliphatic rings. The summed E-state index contributed by atoms with van der Waals surface area (Å²) in [7, 11) is 7.42. The molecule has 366 valence electrons. The van der Waals surface area contributed by atoms with Crippen molar-refractivity contribution in [1.82, 2.24) is 0 Å². The van der Waals surface area contributed by atoms with E-state index in [1.54, 1.807) is 39.0 Å². The predicted molar refractivity (Wildman–Crippen MR) is 242 cm³/mol. The van der Waals surface area contributed by atoms with Crippen molar-refractivity contribution in [3.8, 4) is 0 Å². The highest BCUT2D eigenvalue weighted by Crippen LogP contribution is 2.62. The second-order valence-corrected chi connectivity index (χ2v) is 17.9. The summed E-state index contributed by atoms with van der Waals surface area (Å²) in [6, 6.07) is 0. The topological polar surface area (TPSA) is 260 Å². The van der Waals surface area contributed by atoms with Crippen molar-refractivity contribution in [2.75, 3.05) is 42.7 Å². The Bertz CT molecular complexity index is 2690. The minimum absolute atomic E-state index is 0.00393. The summed E-state index contributed by atoms with van der Waals surface area (Å²) in [4.78, 5) is 126. The molecule has 0 aromatic carbocycles. The van der Waals surface area contributed by atoms with Gasteiger partial charge in [-0.15, -0.1) is 0 Å². The monoisotopic (exact) mass is 954 g/mol. The minimum atomic E-state index is -1.65. The van der Waals surface area contributed by atoms with Crippen molar-refractivity contribution in [1.29, 1.82) is 0 Å². The van der Waals surface area contributed by atoms with E-state index in [4.69, 9.17) is 57.9 Å². The van der Waals surface area contributed by atoms with Crippen LogP contribution in [-0.2, 0) is 76.3 Å². The number of allylic oxidation sites excluding steroid dienone is 7. The Balaban J connectivity index is 1.63. The van der Waals surface area contributed by atoms with E-state index in [0.717, 1.165) is 0 Å². The normalized spacial score (nSPS) is 26.4. The molecular weight excluding hydrogens is 901 g/mol. The number of fused-ring (bicyclic) bond motifs is 10. The van der Waals surface area contributed by atoms with Crippen LogP contribution in [0.25, 0.3) is 0 Å². The van der Waals surface area contributed by atoms with E-state index in [1.165, 1.54) is 42.7 Å². The molecule has 0 aromatic rings. The summed E-state index contributed by atoms with van der Waals surface area (Å²) in [5, 5.41) is 0. The highest BCUT2D eigenvalue weighted by atomic mass is 16.6. The first kappa shape index (κ1) is 49.8. The first-order valence-corrected chi connectivity index (χ1v) is 22.3. The van der Waals surface area contributed by atoms with Crippen molar-refractivity contribution in [2.24, 2.45) is 30.8 Å². The van der Waals surface area contributed by atoms with Gasteiger partial charge in [0.25, 0.3) is 0 Å². The van der Waals surface area contributed by atoms with Gasteiger partial charge in [0.2, 0.25) is 0 Å². The molecule has 0 N–H and O–H groups in total. The van der Waals surface area contributed by atoms with E-state index >= 15 is 0 Å². The molecule has 0 spiro atoms. The number of aliphatic imine (C=N–C) groups is 4. The van der Waals surface area contributed by atoms with Crippen molar-refractivity contribution in [3.63, 3.8) is 0 Å². The van der Waals surface area contributed by atoms with Gasteiger partial charge in [-0.25, -0.2) is 9.98 Å². The second-order valence-electron chi connectivity index (χ2n) is 17.9. The number of carbonyl (C=O) groups is 8. The maximum atomic E-state index is 13.9. The number of methoxy groups -OCH3 is 6. The molecule has 20 heteroatoms. The first-order valence-electron chi connectivity index (χ1n) is 22.3. The molecular formula is C49H54N4O16. The number of hydrogen-bond acceptors (Lipinski definition) is 20. The molecule has 2 fully saturated rings. The summed E-state index contributed by atoms with van der Waals surface area (Å²) in [5.41, 5.74) is -2.19. The molecule has 4 atom stereocenters. The van der Waals surface area contributed by atoms with Crippen molar-refractivity contribution in [2.45, 2.75) is 109 Å². The quantitative estimate of drug-likeness (QED) is 0.150. The van der Waals surface area contributed by atoms with E-state index in [9.17, 15) is 38.4 Å². The highest BCUT2D eigenvalue weighted by Gasteiger charge is 2.69. The summed E-state index contributed by atoms with van der Waals surface area (Å²) < 4.78 is 43.1. The number of hydrogen-bond donors (Lipinski definition) is 0. The van der Waals surface area contributed by atoms with Gasteiger partial charge in [0, 0.05) is 38.5 Å². The number of carbonyl (C=O) groups excluding carboxylic acids is 8. The molecule has 20 nitrogen and oxygen atoms in total. The van der Waals surface area contributed by atoms with Crippen LogP contribution in [0.4, 0.5) is 0 Å². The lowest BCUT2D eigenvalue weighted by atomic mass is 9.64. The Morgan fingerprint density at radius 2 is 1.00 bits per heavy atom. The van der Waals surface area contributed by atoms with E-state index in [0.29, 0.717) is 33.6 Å². The smallest absolute Gasteiger partial charge is 0.310 e. The lowest BCUT2D eigenvalue weighted by molar-refractivity contribution is -0.151. The minimum Gasteiger partial charge on any atom is -0.469 e. The average Bonchev–Trinajstić information content (AvgIpc) is 4.08. The molecule has 7 rings (SSSR count). The predicted octanol–water partition coefficient (Wildman–Crippen LogP) is 4.66. The van der Waals surface area contributed by atoms with Crippen LogP contribution < -0.4 is 0 Å². The molecule has 0 aliphatic carbocycles. The van der Waals surface area contributed by atoms with Gasteiger partial charge in [0.15, 0.2) is 11.2 Å². The zero-order valence-corrected chi connectivity index (χ0v) is 40.0. The van der Waals surface area contributed by atoms with E-state index in [2.05, 4.69) is 0 Å². The molecule has 0 saturated carbocycles. The summed E-state index contributed by atoms with van der Waals surface area (Å²) in [6.45, 7) is 5.27. The van der Waals surface area contributed by atoms with Crippen LogP contribution in [-0.4, -0.2) is 124 Å². The molecule has 0 radical (unpaired) electrons. The summed E-state index contributed by atoms with van der Waals surface area (Å²) in [6.07, 6.45) is 2.83. The Labute approximate surface area is 397 Å². The van der Waals surface area contributed by atoms with Crippen LogP contribution in [0.3, 0.4) is 0 Å². The number of rotatable bonds is 16. The van der Waals surface area contributed by atoms with Crippen molar-refractivity contribution < 1.29 is 76.3 Å². The van der Waals surface area contributed by atoms with Crippen molar-refractivity contribution >= 4 is 70.6 Å². The maximum Gasteiger partial charge on any atom is 0.310 e. The fourth-order valence-corrected chi connectivity index (χ4v) is 10.5. The third-order valence-electron chi connectivity index (χ3n) is 14.2. The van der Waals surface area contributed by atoms with Crippen LogP contribution in [0.5, 0.6) is 0 Å². The number of esters is 8. The summed E-state index contributed by atoms with van der Waals surface area (Å²) in [5.74, 6) is -4.79. The Morgan fingerprint density at radius 3 is 1.57 bits per heavy atom. The third kappa shape index (κ3) is 8.58. The number of nitrogens with zero attached hydrogens (tertiary/aromatic N) is 4. The van der Waals surface area contributed by atoms with Crippen LogP contribution in [0.15, 0.2) is 88.9 Å². The van der Waals surface area contributed by atoms with Gasteiger partial charge >= 0.3 is 47.8 Å². The largest absolute Gasteiger partial charge is 0.469 e. The molecule has 4 unspecified atom stereocenters. The first-order chi connectivity index (χ1) is 32.8. The lowest BCUT2D eigenvalue weighted by Gasteiger charge is -2.38. The Morgan fingerprint density at radius 1 is 0.536 bits per heavy atom. The van der Waals surface area contributed by atoms with Crippen LogP contribution >= 0.6 is 0 Å². The molecule has 69 heavy (non-hydrogen) atoms. The Kier molecular flexibility index (Phi) is 13.8. The number of ether oxygens (including phenoxy) is 8. The van der Waals surface area contributed by atoms with E-state index < -0.39 is 69.8 Å². The highest BCUT2D eigenvalue weighted by molar-refractivity contribution is 6.20. The lowest BCUT2D eigenvalue weighted by Crippen LogP contribution is -2.48. The molecule has 0 aromatic heterocycles. The Hall–Kier alpha value is -7.12. The van der Waals surface area contributed by atoms with Crippen LogP contribution in [0.1, 0.15) is 97.8 Å². The molecule has 8 bridgehead atoms. The van der Waals surface area contributed by atoms with Crippen LogP contribution in [0, 0.1) is 10.8 Å². The average molecular weight is 955 g/mol. The summed E-state index contributed by atoms with van der Waals surface area (Å²) >= 11 is 0. The third-order valence-corrected chi connectivity index (χ3v) is 14.2. The molecule has 7 heterocycles. The van der Waals surface area contributed by atoms with Gasteiger partial charge in [0.1, 0.15) is 0 Å². The van der Waals surface area contributed by atoms with Gasteiger partial charge in [-0.05, 0) is 79.7 Å². The zero-order chi connectivity index (χ0) is 50.2. The molecule has 2 saturated heterocycles. The van der Waals surface area contributed by atoms with Crippen molar-refractivity contribution in [3.05, 3.63) is 68.9 Å². The van der Waals surface area contributed by atoms with E-state index in [1.807, 2.05) is 0 Å². The van der Waals surface area contributed by atoms with E-state index in [-0.39, 0.29) is 117 Å². The molecule has 7 aliphatic heterocycles. The molecule has 0 amide bonds. The van der Waals surface area contributed by atoms with Gasteiger partial charge < -0.3 is 37.9 Å². The fourth-order valence-electron chi connectivity index (χ4n) is 10.5. The zero-order valence-electron chi connectivity index (χ0n) is 40.0. The van der Waals surface area contributed by atoms with Gasteiger partial charge in [-0.1, -0.05) is 0 Å². The van der Waals surface area contributed by atoms with Crippen LogP contribution in [0.2, 0.25) is 0 Å². The maximum absolute atomic E-state index is 13.9. The second kappa shape index (κ2) is 19.1. The fraction of sp³-hybridized carbons (Fsp3) is 0.510. The van der Waals surface area contributed by atoms with Gasteiger partial charge in [0.05, 0.1) is 125 Å². The van der Waals surface area contributed by atoms with Gasteiger partial charge in [-0.2, -0.15) is 0 Å². The standard InChI is InChI=1S/C49H54N4O16/c1-25-44-47(3)24-43(61)68-48(47,16-14-38(56)64-6)35(53-44)22-33-29(19-41(59)67-9)27(11-13-37(55)63-5)31(51-33)20-30-26(10-12-36(54)62-4)28(18-40(58)66-8)32(50-30)21-34-46(2)23-42(60)69-49(46,45(25)52-34)17-15-39(57)65-7/h20-22H,10-19,23-24H2,1-9H3. The SMILES string of the molecule is COC(=O)CCC1=C(CC(=O)OC)C2=NC1=CC1=NC(=CC3=NC(=C(C)C4=NC(=C2)C2(CCC(=O)OC)OC(=O)CC42C)C2(CCC(=O)OC)OC(=O)CC32C)C(CC(=O)OC)=C1CCC(=O)OC.